The van der Waals surface area contributed by atoms with Crippen molar-refractivity contribution >= 4 is 11.0 Å². The molecule has 0 aliphatic carbocycles. The second-order valence-electron chi connectivity index (χ2n) is 7.54. The van der Waals surface area contributed by atoms with Gasteiger partial charge in [-0.2, -0.15) is 4.73 Å². The summed E-state index contributed by atoms with van der Waals surface area (Å²) in [4.78, 5) is 19.1. The molecule has 0 atom stereocenters. The number of benzene rings is 4. The Balaban J connectivity index is 1.55. The van der Waals surface area contributed by atoms with Gasteiger partial charge >= 0.3 is 5.56 Å². The Hall–Kier alpha value is -4.65. The number of hydrogen-bond donors (Lipinski definition) is 0. The molecule has 1 aromatic heterocycles. The van der Waals surface area contributed by atoms with Crippen LogP contribution in [0.15, 0.2) is 108 Å². The van der Waals surface area contributed by atoms with Crippen LogP contribution in [-0.4, -0.2) is 4.73 Å². The van der Waals surface area contributed by atoms with Crippen molar-refractivity contribution in [1.29, 1.82) is 0 Å². The van der Waals surface area contributed by atoms with Crippen molar-refractivity contribution in [2.45, 2.75) is 6.61 Å². The second-order valence-corrected chi connectivity index (χ2v) is 7.54. The summed E-state index contributed by atoms with van der Waals surface area (Å²) in [6.07, 6.45) is 0. The van der Waals surface area contributed by atoms with E-state index >= 15 is 0 Å². The van der Waals surface area contributed by atoms with E-state index in [1.165, 1.54) is 6.07 Å². The van der Waals surface area contributed by atoms with Gasteiger partial charge in [0.2, 0.25) is 5.52 Å². The van der Waals surface area contributed by atoms with E-state index in [0.717, 1.165) is 4.73 Å². The maximum atomic E-state index is 14.1. The standard InChI is InChI=1S/C27H19FN2O4/c28-23-11-5-4-8-20(23)18-33-30-25-13-7-6-12-24(25)29(32)26(27(30)31)19-14-16-22(17-15-19)34-21-9-2-1-3-10-21/h1-17H,18H2. The van der Waals surface area contributed by atoms with Crippen LogP contribution in [0, 0.1) is 11.0 Å². The van der Waals surface area contributed by atoms with Gasteiger partial charge in [-0.25, -0.2) is 4.39 Å². The molecular formula is C27H19FN2O4. The topological polar surface area (TPSA) is 67.4 Å². The molecule has 0 spiro atoms. The highest BCUT2D eigenvalue weighted by molar-refractivity contribution is 5.73. The Kier molecular flexibility index (Phi) is 5.66. The average Bonchev–Trinajstić information content (AvgIpc) is 2.87. The summed E-state index contributed by atoms with van der Waals surface area (Å²) in [6, 6.07) is 28.7. The van der Waals surface area contributed by atoms with Gasteiger partial charge in [0.05, 0.1) is 5.56 Å². The number of halogens is 1. The first kappa shape index (κ1) is 21.2. The molecule has 0 bridgehead atoms. The number of rotatable bonds is 6. The molecule has 168 valence electrons. The lowest BCUT2D eigenvalue weighted by Gasteiger charge is -2.14. The zero-order valence-corrected chi connectivity index (χ0v) is 17.9. The minimum atomic E-state index is -0.651. The Labute approximate surface area is 194 Å². The van der Waals surface area contributed by atoms with Crippen molar-refractivity contribution in [2.75, 3.05) is 0 Å². The monoisotopic (exact) mass is 454 g/mol. The van der Waals surface area contributed by atoms with E-state index in [0.29, 0.717) is 27.4 Å². The second kappa shape index (κ2) is 9.07. The number of para-hydroxylation sites is 3. The Morgan fingerprint density at radius 2 is 1.44 bits per heavy atom. The van der Waals surface area contributed by atoms with Crippen LogP contribution in [0.1, 0.15) is 5.56 Å². The maximum absolute atomic E-state index is 14.1. The number of nitrogens with zero attached hydrogens (tertiary/aromatic N) is 2. The molecule has 0 saturated heterocycles. The van der Waals surface area contributed by atoms with Gasteiger partial charge in [-0.3, -0.25) is 4.79 Å². The highest BCUT2D eigenvalue weighted by Crippen LogP contribution is 2.24. The predicted octanol–water partition coefficient (Wildman–Crippen LogP) is 4.86. The highest BCUT2D eigenvalue weighted by Gasteiger charge is 2.23. The molecule has 6 nitrogen and oxygen atoms in total. The quantitative estimate of drug-likeness (QED) is 0.271. The molecule has 0 amide bonds. The summed E-state index contributed by atoms with van der Waals surface area (Å²) >= 11 is 0. The highest BCUT2D eigenvalue weighted by atomic mass is 19.1. The van der Waals surface area contributed by atoms with Crippen molar-refractivity contribution in [3.63, 3.8) is 0 Å². The van der Waals surface area contributed by atoms with Crippen LogP contribution in [0.4, 0.5) is 4.39 Å². The first-order chi connectivity index (χ1) is 16.6. The van der Waals surface area contributed by atoms with E-state index in [1.54, 1.807) is 66.7 Å². The van der Waals surface area contributed by atoms with Crippen LogP contribution in [0.2, 0.25) is 0 Å². The SMILES string of the molecule is O=c1c(-c2ccc(Oc3ccccc3)cc2)[n+]([O-])c2ccccc2n1OCc1ccccc1F. The Bertz CT molecular complexity index is 1520. The van der Waals surface area contributed by atoms with Gasteiger partial charge in [0.15, 0.2) is 5.52 Å². The third kappa shape index (κ3) is 4.06. The van der Waals surface area contributed by atoms with Gasteiger partial charge in [-0.1, -0.05) is 48.5 Å². The van der Waals surface area contributed by atoms with E-state index < -0.39 is 11.4 Å². The summed E-state index contributed by atoms with van der Waals surface area (Å²) in [5.74, 6) is 0.789. The Morgan fingerprint density at radius 3 is 2.21 bits per heavy atom. The third-order valence-electron chi connectivity index (χ3n) is 5.32. The Morgan fingerprint density at radius 1 is 0.794 bits per heavy atom. The smallest absolute Gasteiger partial charge is 0.357 e. The number of hydrogen-bond acceptors (Lipinski definition) is 4. The summed E-state index contributed by atoms with van der Waals surface area (Å²) in [7, 11) is 0. The van der Waals surface area contributed by atoms with Crippen molar-refractivity contribution in [3.05, 3.63) is 130 Å². The van der Waals surface area contributed by atoms with Gasteiger partial charge in [-0.15, -0.1) is 4.73 Å². The van der Waals surface area contributed by atoms with Gasteiger partial charge in [-0.05, 0) is 48.5 Å². The molecule has 0 saturated carbocycles. The van der Waals surface area contributed by atoms with Crippen LogP contribution in [-0.2, 0) is 6.61 Å². The minimum absolute atomic E-state index is 0.113. The molecule has 0 N–H and O–H groups in total. The summed E-state index contributed by atoms with van der Waals surface area (Å²) < 4.78 is 21.5. The molecule has 7 heteroatoms. The van der Waals surface area contributed by atoms with Gasteiger partial charge in [0.1, 0.15) is 23.9 Å². The summed E-state index contributed by atoms with van der Waals surface area (Å²) in [5.41, 5.74) is 0.456. The molecule has 4 aromatic carbocycles. The van der Waals surface area contributed by atoms with E-state index in [1.807, 2.05) is 30.3 Å². The van der Waals surface area contributed by atoms with Crippen molar-refractivity contribution in [3.8, 4) is 22.8 Å². The number of fused-ring (bicyclic) bond motifs is 1. The number of aromatic nitrogens is 2. The third-order valence-corrected chi connectivity index (χ3v) is 5.32. The molecule has 0 aliphatic heterocycles. The van der Waals surface area contributed by atoms with E-state index in [2.05, 4.69) is 0 Å². The van der Waals surface area contributed by atoms with Crippen LogP contribution in [0.3, 0.4) is 0 Å². The van der Waals surface area contributed by atoms with Crippen molar-refractivity contribution < 1.29 is 18.7 Å². The lowest BCUT2D eigenvalue weighted by molar-refractivity contribution is -0.566. The maximum Gasteiger partial charge on any atom is 0.357 e. The predicted molar refractivity (Wildman–Crippen MR) is 126 cm³/mol. The van der Waals surface area contributed by atoms with E-state index in [9.17, 15) is 14.4 Å². The fourth-order valence-corrected chi connectivity index (χ4v) is 3.64. The van der Waals surface area contributed by atoms with Crippen LogP contribution in [0.5, 0.6) is 11.5 Å². The first-order valence-electron chi connectivity index (χ1n) is 10.6. The zero-order chi connectivity index (χ0) is 23.5. The summed E-state index contributed by atoms with van der Waals surface area (Å²) in [6.45, 7) is -0.178. The fourth-order valence-electron chi connectivity index (χ4n) is 3.64. The lowest BCUT2D eigenvalue weighted by Crippen LogP contribution is -2.42. The molecule has 1 heterocycles. The molecular weight excluding hydrogens is 435 g/mol. The molecule has 5 rings (SSSR count). The van der Waals surface area contributed by atoms with Crippen molar-refractivity contribution in [2.24, 2.45) is 0 Å². The van der Waals surface area contributed by atoms with Gasteiger partial charge in [0, 0.05) is 11.6 Å². The summed E-state index contributed by atoms with van der Waals surface area (Å²) in [5, 5.41) is 13.2. The normalized spacial score (nSPS) is 10.9. The van der Waals surface area contributed by atoms with Gasteiger partial charge in [0.25, 0.3) is 5.69 Å². The minimum Gasteiger partial charge on any atom is -0.618 e. The fraction of sp³-hybridized carbons (Fsp3) is 0.0370. The molecule has 5 aromatic rings. The van der Waals surface area contributed by atoms with Crippen molar-refractivity contribution in [1.82, 2.24) is 4.73 Å². The van der Waals surface area contributed by atoms with E-state index in [4.69, 9.17) is 9.57 Å². The molecule has 0 aliphatic rings. The zero-order valence-electron chi connectivity index (χ0n) is 17.9. The molecule has 0 radical (unpaired) electrons. The molecule has 0 fully saturated rings. The van der Waals surface area contributed by atoms with Crippen LogP contribution < -0.4 is 19.9 Å². The molecule has 34 heavy (non-hydrogen) atoms. The average molecular weight is 454 g/mol. The first-order valence-corrected chi connectivity index (χ1v) is 10.6. The molecule has 0 unspecified atom stereocenters. The van der Waals surface area contributed by atoms with Crippen LogP contribution >= 0.6 is 0 Å². The lowest BCUT2D eigenvalue weighted by atomic mass is 10.1. The van der Waals surface area contributed by atoms with Gasteiger partial charge < -0.3 is 14.8 Å². The van der Waals surface area contributed by atoms with Crippen LogP contribution in [0.25, 0.3) is 22.3 Å². The number of ether oxygens (including phenoxy) is 1. The van der Waals surface area contributed by atoms with E-state index in [-0.39, 0.29) is 23.3 Å². The largest absolute Gasteiger partial charge is 0.618 e.